The zero-order chi connectivity index (χ0) is 23.8. The molecule has 174 valence electrons. The standard InChI is InChI=1S/C24H25Cl2N3O4/c1-24(2,3)29(23(31)33-21-7-5-13-32-21)15-20(30)28-12-11-27-10-4-6-19(27)22(28)16-8-9-17(25)18(26)14-16/h4-10,13-14,22H,11-12,15H2,1-3H3. The van der Waals surface area contributed by atoms with E-state index >= 15 is 0 Å². The third-order valence-electron chi connectivity index (χ3n) is 5.62. The average molecular weight is 490 g/mol. The molecule has 0 saturated carbocycles. The van der Waals surface area contributed by atoms with Crippen molar-refractivity contribution in [3.05, 3.63) is 76.2 Å². The Morgan fingerprint density at radius 1 is 1.12 bits per heavy atom. The lowest BCUT2D eigenvalue weighted by Gasteiger charge is -2.40. The Bertz CT molecular complexity index is 1150. The van der Waals surface area contributed by atoms with Crippen LogP contribution in [0.15, 0.2) is 59.3 Å². The van der Waals surface area contributed by atoms with Gasteiger partial charge in [0.05, 0.1) is 22.4 Å². The molecular formula is C24H25Cl2N3O4. The molecule has 0 spiro atoms. The highest BCUT2D eigenvalue weighted by molar-refractivity contribution is 6.42. The van der Waals surface area contributed by atoms with Gasteiger partial charge in [-0.3, -0.25) is 9.69 Å². The minimum Gasteiger partial charge on any atom is -0.434 e. The summed E-state index contributed by atoms with van der Waals surface area (Å²) in [5, 5.41) is 0.868. The van der Waals surface area contributed by atoms with Crippen molar-refractivity contribution >= 4 is 35.2 Å². The molecule has 3 heterocycles. The third kappa shape index (κ3) is 4.89. The lowest BCUT2D eigenvalue weighted by molar-refractivity contribution is -0.135. The normalized spacial score (nSPS) is 15.8. The summed E-state index contributed by atoms with van der Waals surface area (Å²) in [6.07, 6.45) is 2.75. The van der Waals surface area contributed by atoms with Crippen LogP contribution in [0.25, 0.3) is 0 Å². The van der Waals surface area contributed by atoms with Crippen LogP contribution in [0, 0.1) is 0 Å². The Hall–Kier alpha value is -2.90. The fourth-order valence-corrected chi connectivity index (χ4v) is 4.26. The van der Waals surface area contributed by atoms with Gasteiger partial charge in [-0.05, 0) is 56.7 Å². The molecule has 0 N–H and O–H groups in total. The van der Waals surface area contributed by atoms with Gasteiger partial charge in [-0.2, -0.15) is 0 Å². The molecule has 4 rings (SSSR count). The zero-order valence-corrected chi connectivity index (χ0v) is 20.1. The van der Waals surface area contributed by atoms with Gasteiger partial charge in [-0.15, -0.1) is 0 Å². The number of amides is 2. The van der Waals surface area contributed by atoms with Crippen LogP contribution in [0.2, 0.25) is 10.0 Å². The third-order valence-corrected chi connectivity index (χ3v) is 6.36. The second-order valence-electron chi connectivity index (χ2n) is 8.85. The summed E-state index contributed by atoms with van der Waals surface area (Å²) in [7, 11) is 0. The van der Waals surface area contributed by atoms with E-state index in [-0.39, 0.29) is 24.4 Å². The Labute approximate surface area is 202 Å². The molecule has 0 aliphatic carbocycles. The average Bonchev–Trinajstić information content (AvgIpc) is 3.44. The van der Waals surface area contributed by atoms with Crippen molar-refractivity contribution in [2.24, 2.45) is 0 Å². The van der Waals surface area contributed by atoms with Crippen LogP contribution in [0.4, 0.5) is 4.79 Å². The van der Waals surface area contributed by atoms with Crippen LogP contribution >= 0.6 is 23.2 Å². The van der Waals surface area contributed by atoms with E-state index in [0.717, 1.165) is 11.3 Å². The summed E-state index contributed by atoms with van der Waals surface area (Å²) in [4.78, 5) is 29.7. The molecule has 2 amide bonds. The van der Waals surface area contributed by atoms with Crippen LogP contribution in [0.1, 0.15) is 38.1 Å². The van der Waals surface area contributed by atoms with Crippen LogP contribution < -0.4 is 4.74 Å². The summed E-state index contributed by atoms with van der Waals surface area (Å²) in [6.45, 7) is 6.53. The highest BCUT2D eigenvalue weighted by Crippen LogP contribution is 2.35. The molecule has 3 aromatic rings. The summed E-state index contributed by atoms with van der Waals surface area (Å²) < 4.78 is 12.6. The number of rotatable bonds is 4. The molecule has 0 bridgehead atoms. The molecular weight excluding hydrogens is 465 g/mol. The van der Waals surface area contributed by atoms with Crippen molar-refractivity contribution in [2.45, 2.75) is 38.9 Å². The van der Waals surface area contributed by atoms with Gasteiger partial charge in [0.1, 0.15) is 6.54 Å². The maximum absolute atomic E-state index is 13.6. The van der Waals surface area contributed by atoms with E-state index in [2.05, 4.69) is 4.57 Å². The molecule has 9 heteroatoms. The van der Waals surface area contributed by atoms with Crippen molar-refractivity contribution in [1.82, 2.24) is 14.4 Å². The predicted molar refractivity (Wildman–Crippen MR) is 126 cm³/mol. The monoisotopic (exact) mass is 489 g/mol. The number of hydrogen-bond acceptors (Lipinski definition) is 4. The number of benzene rings is 1. The molecule has 1 aliphatic heterocycles. The van der Waals surface area contributed by atoms with Gasteiger partial charge in [0.2, 0.25) is 5.91 Å². The Kier molecular flexibility index (Phi) is 6.45. The second-order valence-corrected chi connectivity index (χ2v) is 9.66. The minimum absolute atomic E-state index is 0.0752. The first-order valence-corrected chi connectivity index (χ1v) is 11.3. The van der Waals surface area contributed by atoms with Crippen molar-refractivity contribution in [2.75, 3.05) is 13.1 Å². The van der Waals surface area contributed by atoms with Gasteiger partial charge < -0.3 is 18.6 Å². The SMILES string of the molecule is CC(C)(C)N(CC(=O)N1CCn2cccc2C1c1ccc(Cl)c(Cl)c1)C(=O)Oc1ccco1. The largest absolute Gasteiger partial charge is 0.434 e. The van der Waals surface area contributed by atoms with Gasteiger partial charge in [0.15, 0.2) is 0 Å². The molecule has 2 aromatic heterocycles. The van der Waals surface area contributed by atoms with E-state index in [1.165, 1.54) is 11.2 Å². The van der Waals surface area contributed by atoms with Gasteiger partial charge in [-0.25, -0.2) is 4.79 Å². The van der Waals surface area contributed by atoms with Crippen molar-refractivity contribution in [1.29, 1.82) is 0 Å². The van der Waals surface area contributed by atoms with Crippen molar-refractivity contribution < 1.29 is 18.7 Å². The van der Waals surface area contributed by atoms with Gasteiger partial charge >= 0.3 is 6.09 Å². The highest BCUT2D eigenvalue weighted by Gasteiger charge is 2.37. The summed E-state index contributed by atoms with van der Waals surface area (Å²) in [5.74, 6) is -0.129. The number of carbonyl (C=O) groups is 2. The van der Waals surface area contributed by atoms with E-state index < -0.39 is 11.6 Å². The molecule has 0 fully saturated rings. The van der Waals surface area contributed by atoms with Crippen molar-refractivity contribution in [3.63, 3.8) is 0 Å². The van der Waals surface area contributed by atoms with Crippen LogP contribution in [-0.4, -0.2) is 45.0 Å². The molecule has 1 aliphatic rings. The number of nitrogens with zero attached hydrogens (tertiary/aromatic N) is 3. The number of fused-ring (bicyclic) bond motifs is 1. The molecule has 33 heavy (non-hydrogen) atoms. The first kappa shape index (κ1) is 23.3. The highest BCUT2D eigenvalue weighted by atomic mass is 35.5. The smallest absolute Gasteiger partial charge is 0.418 e. The summed E-state index contributed by atoms with van der Waals surface area (Å²) in [5.41, 5.74) is 1.15. The minimum atomic E-state index is -0.658. The maximum Gasteiger partial charge on any atom is 0.418 e. The quantitative estimate of drug-likeness (QED) is 0.476. The lowest BCUT2D eigenvalue weighted by Crippen LogP contribution is -2.53. The Morgan fingerprint density at radius 2 is 1.91 bits per heavy atom. The van der Waals surface area contributed by atoms with Crippen LogP contribution in [0.5, 0.6) is 5.95 Å². The molecule has 1 unspecified atom stereocenters. The van der Waals surface area contributed by atoms with E-state index in [9.17, 15) is 9.59 Å². The topological polar surface area (TPSA) is 67.9 Å². The molecule has 0 radical (unpaired) electrons. The first-order chi connectivity index (χ1) is 15.6. The van der Waals surface area contributed by atoms with Crippen molar-refractivity contribution in [3.8, 4) is 5.95 Å². The lowest BCUT2D eigenvalue weighted by atomic mass is 9.99. The van der Waals surface area contributed by atoms with Gasteiger partial charge in [0.25, 0.3) is 5.95 Å². The van der Waals surface area contributed by atoms with Crippen LogP contribution in [-0.2, 0) is 11.3 Å². The van der Waals surface area contributed by atoms with Crippen LogP contribution in [0.3, 0.4) is 0 Å². The number of halogens is 2. The number of furan rings is 1. The van der Waals surface area contributed by atoms with E-state index in [4.69, 9.17) is 32.4 Å². The number of carbonyl (C=O) groups excluding carboxylic acids is 2. The van der Waals surface area contributed by atoms with Gasteiger partial charge in [0, 0.05) is 36.6 Å². The number of hydrogen-bond donors (Lipinski definition) is 0. The fourth-order valence-electron chi connectivity index (χ4n) is 3.95. The Morgan fingerprint density at radius 3 is 2.58 bits per heavy atom. The number of ether oxygens (including phenoxy) is 1. The Balaban J connectivity index is 1.63. The van der Waals surface area contributed by atoms with Gasteiger partial charge in [-0.1, -0.05) is 29.3 Å². The molecule has 0 saturated heterocycles. The molecule has 1 atom stereocenters. The number of aromatic nitrogens is 1. The predicted octanol–water partition coefficient (Wildman–Crippen LogP) is 5.62. The summed E-state index contributed by atoms with van der Waals surface area (Å²) >= 11 is 12.4. The van der Waals surface area contributed by atoms with E-state index in [1.807, 2.05) is 45.2 Å². The first-order valence-electron chi connectivity index (χ1n) is 10.6. The fraction of sp³-hybridized carbons (Fsp3) is 0.333. The second kappa shape index (κ2) is 9.15. The summed E-state index contributed by atoms with van der Waals surface area (Å²) in [6, 6.07) is 12.1. The maximum atomic E-state index is 13.6. The molecule has 1 aromatic carbocycles. The molecule has 7 nitrogen and oxygen atoms in total. The van der Waals surface area contributed by atoms with E-state index in [1.54, 1.807) is 29.2 Å². The van der Waals surface area contributed by atoms with E-state index in [0.29, 0.717) is 23.1 Å². The zero-order valence-electron chi connectivity index (χ0n) is 18.6.